The van der Waals surface area contributed by atoms with Gasteiger partial charge < -0.3 is 20.1 Å². The number of nitrogens with one attached hydrogen (secondary N) is 2. The highest BCUT2D eigenvalue weighted by Gasteiger charge is 2.35. The van der Waals surface area contributed by atoms with Crippen molar-refractivity contribution in [3.8, 4) is 0 Å². The van der Waals surface area contributed by atoms with E-state index in [9.17, 15) is 18.0 Å². The first kappa shape index (κ1) is 22.1. The fourth-order valence-electron chi connectivity index (χ4n) is 3.12. The van der Waals surface area contributed by atoms with Gasteiger partial charge in [0.2, 0.25) is 0 Å². The van der Waals surface area contributed by atoms with Crippen molar-refractivity contribution in [1.29, 1.82) is 0 Å². The fraction of sp³-hybridized carbons (Fsp3) is 0.647. The number of carbonyl (C=O) groups excluding carboxylic acids is 2. The van der Waals surface area contributed by atoms with E-state index in [1.807, 2.05) is 0 Å². The molecule has 1 aromatic rings. The molecule has 2 fully saturated rings. The Hall–Kier alpha value is -1.57. The van der Waals surface area contributed by atoms with Gasteiger partial charge in [0.25, 0.3) is 10.0 Å². The number of thiophene rings is 1. The standard InChI is InChI=1S/C17H26N4O6S2/c22-16(18-4-6-20-7-10-26-11-8-20)17(23)19-13-14-21(5-2-9-27-14)29(24,25)15-3-1-12-28-15/h1,3,12,14H,2,4-11,13H2,(H,18,22)(H,19,23)/t14-/m0/s1. The van der Waals surface area contributed by atoms with Gasteiger partial charge in [0.15, 0.2) is 0 Å². The molecule has 0 aromatic carbocycles. The van der Waals surface area contributed by atoms with Gasteiger partial charge in [-0.1, -0.05) is 6.07 Å². The number of hydrogen-bond acceptors (Lipinski definition) is 8. The van der Waals surface area contributed by atoms with Crippen LogP contribution >= 0.6 is 11.3 Å². The molecule has 0 aliphatic carbocycles. The Kier molecular flexibility index (Phi) is 7.98. The van der Waals surface area contributed by atoms with Gasteiger partial charge in [-0.05, 0) is 17.9 Å². The van der Waals surface area contributed by atoms with Gasteiger partial charge in [-0.25, -0.2) is 8.42 Å². The summed E-state index contributed by atoms with van der Waals surface area (Å²) in [5, 5.41) is 6.74. The van der Waals surface area contributed by atoms with Crippen molar-refractivity contribution in [2.45, 2.75) is 16.9 Å². The monoisotopic (exact) mass is 446 g/mol. The van der Waals surface area contributed by atoms with Crippen molar-refractivity contribution >= 4 is 33.2 Å². The van der Waals surface area contributed by atoms with Gasteiger partial charge in [0.05, 0.1) is 26.4 Å². The molecule has 0 bridgehead atoms. The molecule has 1 atom stereocenters. The van der Waals surface area contributed by atoms with Crippen LogP contribution in [0, 0.1) is 0 Å². The summed E-state index contributed by atoms with van der Waals surface area (Å²) in [7, 11) is -3.70. The Labute approximate surface area is 174 Å². The van der Waals surface area contributed by atoms with Crippen molar-refractivity contribution in [3.05, 3.63) is 17.5 Å². The summed E-state index contributed by atoms with van der Waals surface area (Å²) >= 11 is 1.13. The highest BCUT2D eigenvalue weighted by Crippen LogP contribution is 2.25. The molecule has 10 nitrogen and oxygen atoms in total. The van der Waals surface area contributed by atoms with E-state index in [-0.39, 0.29) is 10.8 Å². The first-order chi connectivity index (χ1) is 14.0. The predicted molar refractivity (Wildman–Crippen MR) is 106 cm³/mol. The Bertz CT molecular complexity index is 780. The molecular weight excluding hydrogens is 420 g/mol. The normalized spacial score (nSPS) is 21.6. The summed E-state index contributed by atoms with van der Waals surface area (Å²) in [6, 6.07) is 3.20. The van der Waals surface area contributed by atoms with Crippen LogP contribution in [-0.4, -0.2) is 94.8 Å². The lowest BCUT2D eigenvalue weighted by Gasteiger charge is -2.34. The zero-order chi connectivity index (χ0) is 20.7. The van der Waals surface area contributed by atoms with Crippen LogP contribution in [0.15, 0.2) is 21.7 Å². The van der Waals surface area contributed by atoms with Crippen molar-refractivity contribution in [2.75, 3.05) is 59.1 Å². The van der Waals surface area contributed by atoms with Crippen molar-refractivity contribution in [2.24, 2.45) is 0 Å². The lowest BCUT2D eigenvalue weighted by atomic mass is 10.3. The Morgan fingerprint density at radius 2 is 1.90 bits per heavy atom. The topological polar surface area (TPSA) is 117 Å². The van der Waals surface area contributed by atoms with Crippen LogP contribution in [0.4, 0.5) is 0 Å². The maximum Gasteiger partial charge on any atom is 0.309 e. The number of morpholine rings is 1. The Morgan fingerprint density at radius 1 is 1.14 bits per heavy atom. The van der Waals surface area contributed by atoms with E-state index in [4.69, 9.17) is 9.47 Å². The fourth-order valence-corrected chi connectivity index (χ4v) is 5.81. The molecule has 0 radical (unpaired) electrons. The number of hydrogen-bond donors (Lipinski definition) is 2. The smallest absolute Gasteiger partial charge is 0.309 e. The average molecular weight is 447 g/mol. The molecule has 12 heteroatoms. The molecule has 0 spiro atoms. The molecule has 0 unspecified atom stereocenters. The second kappa shape index (κ2) is 10.5. The number of amides is 2. The van der Waals surface area contributed by atoms with E-state index in [1.165, 1.54) is 10.4 Å². The largest absolute Gasteiger partial charge is 0.379 e. The molecule has 3 heterocycles. The van der Waals surface area contributed by atoms with E-state index in [2.05, 4.69) is 15.5 Å². The molecule has 162 valence electrons. The zero-order valence-corrected chi connectivity index (χ0v) is 17.7. The van der Waals surface area contributed by atoms with Gasteiger partial charge in [0.1, 0.15) is 10.4 Å². The minimum atomic E-state index is -3.70. The van der Waals surface area contributed by atoms with Crippen LogP contribution in [0.3, 0.4) is 0 Å². The van der Waals surface area contributed by atoms with E-state index in [0.29, 0.717) is 45.9 Å². The molecule has 3 rings (SSSR count). The number of carbonyl (C=O) groups is 2. The lowest BCUT2D eigenvalue weighted by Crippen LogP contribution is -2.53. The first-order valence-electron chi connectivity index (χ1n) is 9.51. The lowest BCUT2D eigenvalue weighted by molar-refractivity contribution is -0.140. The number of sulfonamides is 1. The third-order valence-electron chi connectivity index (χ3n) is 4.67. The maximum atomic E-state index is 12.8. The van der Waals surface area contributed by atoms with Gasteiger partial charge in [-0.2, -0.15) is 4.31 Å². The summed E-state index contributed by atoms with van der Waals surface area (Å²) in [5.74, 6) is -1.56. The van der Waals surface area contributed by atoms with Gasteiger partial charge in [0, 0.05) is 32.7 Å². The molecule has 2 aliphatic rings. The summed E-state index contributed by atoms with van der Waals surface area (Å²) in [5.41, 5.74) is 0. The molecule has 2 N–H and O–H groups in total. The second-order valence-electron chi connectivity index (χ2n) is 6.65. The number of ether oxygens (including phenoxy) is 2. The molecule has 29 heavy (non-hydrogen) atoms. The number of nitrogens with zero attached hydrogens (tertiary/aromatic N) is 2. The SMILES string of the molecule is O=C(NCCN1CCOCC1)C(=O)NC[C@@H]1OCCCN1S(=O)(=O)c1cccs1. The summed E-state index contributed by atoms with van der Waals surface area (Å²) in [6.45, 7) is 4.52. The summed E-state index contributed by atoms with van der Waals surface area (Å²) in [4.78, 5) is 26.2. The Morgan fingerprint density at radius 3 is 2.62 bits per heavy atom. The van der Waals surface area contributed by atoms with Crippen LogP contribution in [0.2, 0.25) is 0 Å². The highest BCUT2D eigenvalue weighted by molar-refractivity contribution is 7.91. The van der Waals surface area contributed by atoms with Crippen molar-refractivity contribution in [1.82, 2.24) is 19.8 Å². The summed E-state index contributed by atoms with van der Waals surface area (Å²) in [6.07, 6.45) is -0.280. The van der Waals surface area contributed by atoms with Gasteiger partial charge >= 0.3 is 11.8 Å². The minimum absolute atomic E-state index is 0.0969. The van der Waals surface area contributed by atoms with Crippen molar-refractivity contribution < 1.29 is 27.5 Å². The van der Waals surface area contributed by atoms with E-state index >= 15 is 0 Å². The summed E-state index contributed by atoms with van der Waals surface area (Å²) < 4.78 is 37.8. The van der Waals surface area contributed by atoms with E-state index in [0.717, 1.165) is 24.4 Å². The van der Waals surface area contributed by atoms with Crippen molar-refractivity contribution in [3.63, 3.8) is 0 Å². The maximum absolute atomic E-state index is 12.8. The van der Waals surface area contributed by atoms with E-state index in [1.54, 1.807) is 11.4 Å². The molecule has 0 saturated carbocycles. The van der Waals surface area contributed by atoms with E-state index < -0.39 is 28.1 Å². The predicted octanol–water partition coefficient (Wildman–Crippen LogP) is -0.950. The average Bonchev–Trinajstić information content (AvgIpc) is 3.29. The molecule has 2 saturated heterocycles. The molecule has 2 aliphatic heterocycles. The third-order valence-corrected chi connectivity index (χ3v) is 7.93. The van der Waals surface area contributed by atoms with Gasteiger partial charge in [-0.3, -0.25) is 14.5 Å². The minimum Gasteiger partial charge on any atom is -0.379 e. The molecular formula is C17H26N4O6S2. The van der Waals surface area contributed by atoms with Crippen LogP contribution < -0.4 is 10.6 Å². The van der Waals surface area contributed by atoms with Gasteiger partial charge in [-0.15, -0.1) is 11.3 Å². The number of rotatable bonds is 7. The molecule has 2 amide bonds. The Balaban J connectivity index is 1.46. The zero-order valence-electron chi connectivity index (χ0n) is 16.0. The third kappa shape index (κ3) is 5.96. The quantitative estimate of drug-likeness (QED) is 0.519. The van der Waals surface area contributed by atoms with Crippen LogP contribution in [0.1, 0.15) is 6.42 Å². The highest BCUT2D eigenvalue weighted by atomic mass is 32.2. The van der Waals surface area contributed by atoms with Crippen LogP contribution in [0.5, 0.6) is 0 Å². The van der Waals surface area contributed by atoms with Crippen LogP contribution in [-0.2, 0) is 29.1 Å². The second-order valence-corrected chi connectivity index (χ2v) is 9.71. The molecule has 1 aromatic heterocycles. The van der Waals surface area contributed by atoms with Crippen LogP contribution in [0.25, 0.3) is 0 Å². The first-order valence-corrected chi connectivity index (χ1v) is 11.8.